The van der Waals surface area contributed by atoms with Crippen LogP contribution < -0.4 is 5.32 Å². The van der Waals surface area contributed by atoms with E-state index in [1.807, 2.05) is 6.07 Å². The second kappa shape index (κ2) is 8.28. The standard InChI is InChI=1S/C23H23N/c1-19(21-13-7-3-8-14-21)24-23(22-15-9-4-10-16-22)18-17-20-11-5-2-6-12-20/h2-19,23-24H,1H3/b18-17+/t19-,23+/m1/s1. The van der Waals surface area contributed by atoms with Crippen LogP contribution in [0, 0.1) is 0 Å². The van der Waals surface area contributed by atoms with Crippen molar-refractivity contribution in [3.8, 4) is 0 Å². The first-order valence-electron chi connectivity index (χ1n) is 8.42. The van der Waals surface area contributed by atoms with Crippen molar-refractivity contribution in [3.05, 3.63) is 114 Å². The number of rotatable bonds is 6. The molecule has 0 aliphatic carbocycles. The first-order valence-corrected chi connectivity index (χ1v) is 8.42. The Morgan fingerprint density at radius 1 is 0.667 bits per heavy atom. The molecular weight excluding hydrogens is 290 g/mol. The zero-order valence-electron chi connectivity index (χ0n) is 14.0. The summed E-state index contributed by atoms with van der Waals surface area (Å²) in [5.74, 6) is 0. The quantitative estimate of drug-likeness (QED) is 0.607. The molecule has 3 aromatic rings. The fraction of sp³-hybridized carbons (Fsp3) is 0.130. The van der Waals surface area contributed by atoms with Crippen LogP contribution in [0.15, 0.2) is 97.1 Å². The summed E-state index contributed by atoms with van der Waals surface area (Å²) in [6, 6.07) is 32.0. The maximum absolute atomic E-state index is 3.73. The second-order valence-electron chi connectivity index (χ2n) is 5.96. The molecule has 1 heteroatoms. The molecule has 0 aliphatic heterocycles. The van der Waals surface area contributed by atoms with Crippen molar-refractivity contribution in [1.29, 1.82) is 0 Å². The van der Waals surface area contributed by atoms with Gasteiger partial charge in [0.1, 0.15) is 0 Å². The van der Waals surface area contributed by atoms with E-state index in [2.05, 4.69) is 109 Å². The highest BCUT2D eigenvalue weighted by Crippen LogP contribution is 2.21. The van der Waals surface area contributed by atoms with Crippen molar-refractivity contribution >= 4 is 6.08 Å². The maximum atomic E-state index is 3.73. The Morgan fingerprint density at radius 2 is 1.17 bits per heavy atom. The third kappa shape index (κ3) is 4.43. The van der Waals surface area contributed by atoms with Gasteiger partial charge >= 0.3 is 0 Å². The molecule has 0 amide bonds. The Balaban J connectivity index is 1.81. The lowest BCUT2D eigenvalue weighted by Crippen LogP contribution is -2.23. The SMILES string of the molecule is C[C@@H](N[C@@H](/C=C/c1ccccc1)c1ccccc1)c1ccccc1. The molecule has 0 aliphatic rings. The van der Waals surface area contributed by atoms with E-state index in [0.29, 0.717) is 0 Å². The van der Waals surface area contributed by atoms with Gasteiger partial charge in [0.05, 0.1) is 6.04 Å². The van der Waals surface area contributed by atoms with Crippen molar-refractivity contribution in [1.82, 2.24) is 5.32 Å². The lowest BCUT2D eigenvalue weighted by molar-refractivity contribution is 0.528. The van der Waals surface area contributed by atoms with Crippen molar-refractivity contribution in [2.75, 3.05) is 0 Å². The first-order chi connectivity index (χ1) is 11.8. The first kappa shape index (κ1) is 16.2. The van der Waals surface area contributed by atoms with Gasteiger partial charge < -0.3 is 5.32 Å². The Morgan fingerprint density at radius 3 is 1.75 bits per heavy atom. The molecule has 0 fully saturated rings. The lowest BCUT2D eigenvalue weighted by atomic mass is 10.0. The predicted molar refractivity (Wildman–Crippen MR) is 103 cm³/mol. The van der Waals surface area contributed by atoms with Crippen LogP contribution in [0.2, 0.25) is 0 Å². The van der Waals surface area contributed by atoms with Crippen molar-refractivity contribution < 1.29 is 0 Å². The van der Waals surface area contributed by atoms with Gasteiger partial charge in [-0.1, -0.05) is 103 Å². The molecule has 24 heavy (non-hydrogen) atoms. The summed E-state index contributed by atoms with van der Waals surface area (Å²) in [6.07, 6.45) is 4.42. The number of hydrogen-bond donors (Lipinski definition) is 1. The van der Waals surface area contributed by atoms with E-state index in [-0.39, 0.29) is 12.1 Å². The zero-order valence-corrected chi connectivity index (χ0v) is 14.0. The molecule has 0 radical (unpaired) electrons. The molecular formula is C23H23N. The Kier molecular flexibility index (Phi) is 5.60. The smallest absolute Gasteiger partial charge is 0.0514 e. The molecule has 0 saturated heterocycles. The van der Waals surface area contributed by atoms with E-state index >= 15 is 0 Å². The van der Waals surface area contributed by atoms with Gasteiger partial charge in [-0.25, -0.2) is 0 Å². The Hall–Kier alpha value is -2.64. The van der Waals surface area contributed by atoms with Gasteiger partial charge in [-0.3, -0.25) is 0 Å². The molecule has 0 unspecified atom stereocenters. The van der Waals surface area contributed by atoms with Gasteiger partial charge in [0.2, 0.25) is 0 Å². The molecule has 1 N–H and O–H groups in total. The molecule has 3 rings (SSSR count). The van der Waals surface area contributed by atoms with Gasteiger partial charge in [0, 0.05) is 6.04 Å². The van der Waals surface area contributed by atoms with Crippen LogP contribution in [-0.4, -0.2) is 0 Å². The molecule has 120 valence electrons. The number of benzene rings is 3. The highest BCUT2D eigenvalue weighted by Gasteiger charge is 2.12. The summed E-state index contributed by atoms with van der Waals surface area (Å²) in [6.45, 7) is 2.21. The Bertz CT molecular complexity index is 748. The molecule has 0 bridgehead atoms. The molecule has 0 aromatic heterocycles. The fourth-order valence-corrected chi connectivity index (χ4v) is 2.80. The van der Waals surface area contributed by atoms with Gasteiger partial charge in [-0.15, -0.1) is 0 Å². The zero-order chi connectivity index (χ0) is 16.6. The average molecular weight is 313 g/mol. The molecule has 1 nitrogen and oxygen atoms in total. The van der Waals surface area contributed by atoms with Gasteiger partial charge in [0.25, 0.3) is 0 Å². The van der Waals surface area contributed by atoms with Gasteiger partial charge in [-0.2, -0.15) is 0 Å². The highest BCUT2D eigenvalue weighted by atomic mass is 14.9. The normalized spacial score (nSPS) is 13.7. The van der Waals surface area contributed by atoms with Crippen molar-refractivity contribution in [2.24, 2.45) is 0 Å². The predicted octanol–water partition coefficient (Wildman–Crippen LogP) is 5.79. The summed E-state index contributed by atoms with van der Waals surface area (Å²) >= 11 is 0. The summed E-state index contributed by atoms with van der Waals surface area (Å²) in [5, 5.41) is 3.73. The fourth-order valence-electron chi connectivity index (χ4n) is 2.80. The minimum absolute atomic E-state index is 0.168. The summed E-state index contributed by atoms with van der Waals surface area (Å²) in [7, 11) is 0. The molecule has 0 spiro atoms. The summed E-state index contributed by atoms with van der Waals surface area (Å²) in [4.78, 5) is 0. The number of hydrogen-bond acceptors (Lipinski definition) is 1. The topological polar surface area (TPSA) is 12.0 Å². The lowest BCUT2D eigenvalue weighted by Gasteiger charge is -2.22. The van der Waals surface area contributed by atoms with E-state index in [9.17, 15) is 0 Å². The van der Waals surface area contributed by atoms with Gasteiger partial charge in [0.15, 0.2) is 0 Å². The largest absolute Gasteiger partial charge is 0.300 e. The van der Waals surface area contributed by atoms with Crippen LogP contribution in [0.25, 0.3) is 6.08 Å². The summed E-state index contributed by atoms with van der Waals surface area (Å²) in [5.41, 5.74) is 3.78. The van der Waals surface area contributed by atoms with Crippen molar-refractivity contribution in [2.45, 2.75) is 19.0 Å². The third-order valence-corrected chi connectivity index (χ3v) is 4.17. The number of nitrogens with one attached hydrogen (secondary N) is 1. The van der Waals surface area contributed by atoms with E-state index in [0.717, 1.165) is 0 Å². The molecule has 3 aromatic carbocycles. The Labute approximate surface area is 144 Å². The summed E-state index contributed by atoms with van der Waals surface area (Å²) < 4.78 is 0. The minimum atomic E-state index is 0.168. The van der Waals surface area contributed by atoms with Crippen LogP contribution in [0.4, 0.5) is 0 Å². The van der Waals surface area contributed by atoms with Crippen LogP contribution in [-0.2, 0) is 0 Å². The molecule has 0 heterocycles. The maximum Gasteiger partial charge on any atom is 0.0514 e. The van der Waals surface area contributed by atoms with E-state index in [1.165, 1.54) is 16.7 Å². The van der Waals surface area contributed by atoms with Crippen LogP contribution in [0.5, 0.6) is 0 Å². The molecule has 0 saturated carbocycles. The van der Waals surface area contributed by atoms with Crippen LogP contribution in [0.1, 0.15) is 35.7 Å². The van der Waals surface area contributed by atoms with Gasteiger partial charge in [-0.05, 0) is 23.6 Å². The van der Waals surface area contributed by atoms with Crippen LogP contribution >= 0.6 is 0 Å². The third-order valence-electron chi connectivity index (χ3n) is 4.17. The van der Waals surface area contributed by atoms with Crippen molar-refractivity contribution in [3.63, 3.8) is 0 Å². The molecule has 2 atom stereocenters. The van der Waals surface area contributed by atoms with Crippen LogP contribution in [0.3, 0.4) is 0 Å². The van der Waals surface area contributed by atoms with E-state index in [1.54, 1.807) is 0 Å². The second-order valence-corrected chi connectivity index (χ2v) is 5.96. The average Bonchev–Trinajstić information content (AvgIpc) is 2.67. The highest BCUT2D eigenvalue weighted by molar-refractivity contribution is 5.50. The minimum Gasteiger partial charge on any atom is -0.300 e. The monoisotopic (exact) mass is 313 g/mol. The van der Waals surface area contributed by atoms with E-state index < -0.39 is 0 Å². The van der Waals surface area contributed by atoms with E-state index in [4.69, 9.17) is 0 Å².